The number of nitrogens with two attached hydrogens (primary N) is 1. The fraction of sp³-hybridized carbons (Fsp3) is 0.375. The molecule has 8 heteroatoms. The molecule has 1 aliphatic rings. The molecule has 3 aromatic rings. The summed E-state index contributed by atoms with van der Waals surface area (Å²) in [5.74, 6) is 1.11. The van der Waals surface area contributed by atoms with Crippen molar-refractivity contribution in [3.8, 4) is 5.75 Å². The summed E-state index contributed by atoms with van der Waals surface area (Å²) in [6, 6.07) is 13.8. The average molecular weight is 436 g/mol. The predicted molar refractivity (Wildman–Crippen MR) is 125 cm³/mol. The quantitative estimate of drug-likeness (QED) is 0.410. The maximum atomic E-state index is 11.9. The number of esters is 1. The Bertz CT molecular complexity index is 1080. The van der Waals surface area contributed by atoms with Gasteiger partial charge >= 0.3 is 5.97 Å². The largest absolute Gasteiger partial charge is 0.490 e. The Hall–Kier alpha value is -3.39. The molecule has 0 bridgehead atoms. The van der Waals surface area contributed by atoms with E-state index in [4.69, 9.17) is 15.2 Å². The standard InChI is InChI=1S/C24H29N5O3/c1-16(17-7-4-3-5-8-17)28-23-18-13-19(25)22(14-20(18)26-15-27-23)32-12-11-29-10-6-9-21(29)24(30)31-2/h3-5,7-8,13-16,21H,6,9-12,25H2,1-2H3,(H,26,27,28)/t16-,21-/m1/s1. The zero-order chi connectivity index (χ0) is 22.5. The minimum Gasteiger partial charge on any atom is -0.490 e. The molecule has 0 aliphatic carbocycles. The van der Waals surface area contributed by atoms with Crippen molar-refractivity contribution < 1.29 is 14.3 Å². The van der Waals surface area contributed by atoms with Crippen LogP contribution in [0.5, 0.6) is 5.75 Å². The van der Waals surface area contributed by atoms with Gasteiger partial charge in [0.1, 0.15) is 30.5 Å². The lowest BCUT2D eigenvalue weighted by Gasteiger charge is -2.22. The van der Waals surface area contributed by atoms with Crippen LogP contribution in [0.2, 0.25) is 0 Å². The Morgan fingerprint density at radius 3 is 2.88 bits per heavy atom. The number of rotatable bonds is 8. The minimum absolute atomic E-state index is 0.0784. The summed E-state index contributed by atoms with van der Waals surface area (Å²) in [5, 5.41) is 4.29. The lowest BCUT2D eigenvalue weighted by Crippen LogP contribution is -2.39. The first-order valence-electron chi connectivity index (χ1n) is 10.9. The molecular formula is C24H29N5O3. The summed E-state index contributed by atoms with van der Waals surface area (Å²) in [4.78, 5) is 22.8. The lowest BCUT2D eigenvalue weighted by atomic mass is 10.1. The van der Waals surface area contributed by atoms with Crippen LogP contribution in [0.25, 0.3) is 10.9 Å². The minimum atomic E-state index is -0.189. The molecule has 1 fully saturated rings. The average Bonchev–Trinajstić information content (AvgIpc) is 3.28. The van der Waals surface area contributed by atoms with Gasteiger partial charge in [0, 0.05) is 24.0 Å². The highest BCUT2D eigenvalue weighted by Crippen LogP contribution is 2.31. The van der Waals surface area contributed by atoms with Gasteiger partial charge in [-0.15, -0.1) is 0 Å². The van der Waals surface area contributed by atoms with Gasteiger partial charge < -0.3 is 20.5 Å². The number of nitrogen functional groups attached to an aromatic ring is 1. The molecule has 3 N–H and O–H groups in total. The Morgan fingerprint density at radius 2 is 2.09 bits per heavy atom. The summed E-state index contributed by atoms with van der Waals surface area (Å²) < 4.78 is 10.9. The highest BCUT2D eigenvalue weighted by molar-refractivity contribution is 5.93. The Morgan fingerprint density at radius 1 is 1.28 bits per heavy atom. The van der Waals surface area contributed by atoms with Gasteiger partial charge in [-0.25, -0.2) is 9.97 Å². The first-order chi connectivity index (χ1) is 15.6. The fourth-order valence-electron chi connectivity index (χ4n) is 4.14. The maximum Gasteiger partial charge on any atom is 0.323 e. The number of anilines is 2. The summed E-state index contributed by atoms with van der Waals surface area (Å²) >= 11 is 0. The van der Waals surface area contributed by atoms with Crippen LogP contribution in [-0.4, -0.2) is 53.7 Å². The van der Waals surface area contributed by atoms with Gasteiger partial charge in [-0.2, -0.15) is 0 Å². The third-order valence-electron chi connectivity index (χ3n) is 5.89. The molecule has 2 aromatic carbocycles. The lowest BCUT2D eigenvalue weighted by molar-refractivity contribution is -0.145. The number of hydrogen-bond acceptors (Lipinski definition) is 8. The molecular weight excluding hydrogens is 406 g/mol. The molecule has 2 atom stereocenters. The van der Waals surface area contributed by atoms with Gasteiger partial charge in [0.05, 0.1) is 18.3 Å². The molecule has 1 aliphatic heterocycles. The smallest absolute Gasteiger partial charge is 0.323 e. The van der Waals surface area contributed by atoms with Gasteiger partial charge in [-0.1, -0.05) is 30.3 Å². The second-order valence-electron chi connectivity index (χ2n) is 7.97. The van der Waals surface area contributed by atoms with E-state index >= 15 is 0 Å². The molecule has 32 heavy (non-hydrogen) atoms. The van der Waals surface area contributed by atoms with E-state index in [1.54, 1.807) is 0 Å². The molecule has 2 heterocycles. The topological polar surface area (TPSA) is 103 Å². The van der Waals surface area contributed by atoms with Gasteiger partial charge in [-0.3, -0.25) is 9.69 Å². The molecule has 4 rings (SSSR count). The Kier molecular flexibility index (Phi) is 6.70. The van der Waals surface area contributed by atoms with Gasteiger partial charge in [-0.05, 0) is 37.9 Å². The van der Waals surface area contributed by atoms with E-state index in [1.165, 1.54) is 19.0 Å². The number of carbonyl (C=O) groups excluding carboxylic acids is 1. The third-order valence-corrected chi connectivity index (χ3v) is 5.89. The van der Waals surface area contributed by atoms with E-state index in [0.29, 0.717) is 24.6 Å². The monoisotopic (exact) mass is 435 g/mol. The number of ether oxygens (including phenoxy) is 2. The number of likely N-dealkylation sites (tertiary alicyclic amines) is 1. The molecule has 1 saturated heterocycles. The number of hydrogen-bond donors (Lipinski definition) is 2. The fourth-order valence-corrected chi connectivity index (χ4v) is 4.14. The van der Waals surface area contributed by atoms with Crippen molar-refractivity contribution in [1.82, 2.24) is 14.9 Å². The second kappa shape index (κ2) is 9.82. The molecule has 0 unspecified atom stereocenters. The number of benzene rings is 2. The van der Waals surface area contributed by atoms with Gasteiger partial charge in [0.25, 0.3) is 0 Å². The van der Waals surface area contributed by atoms with E-state index in [1.807, 2.05) is 30.3 Å². The van der Waals surface area contributed by atoms with Crippen molar-refractivity contribution in [2.75, 3.05) is 37.9 Å². The van der Waals surface area contributed by atoms with Crippen molar-refractivity contribution in [3.63, 3.8) is 0 Å². The zero-order valence-electron chi connectivity index (χ0n) is 18.5. The van der Waals surface area contributed by atoms with Crippen molar-refractivity contribution in [2.24, 2.45) is 0 Å². The number of methoxy groups -OCH3 is 1. The number of aromatic nitrogens is 2. The SMILES string of the molecule is COC(=O)[C@H]1CCCN1CCOc1cc2ncnc(N[C@H](C)c3ccccc3)c2cc1N. The summed E-state index contributed by atoms with van der Waals surface area (Å²) in [6.45, 7) is 4.00. The first-order valence-corrected chi connectivity index (χ1v) is 10.9. The van der Waals surface area contributed by atoms with E-state index in [2.05, 4.69) is 39.2 Å². The normalized spacial score (nSPS) is 17.2. The summed E-state index contributed by atoms with van der Waals surface area (Å²) in [6.07, 6.45) is 3.33. The van der Waals surface area contributed by atoms with Crippen LogP contribution in [0, 0.1) is 0 Å². The van der Waals surface area contributed by atoms with E-state index in [9.17, 15) is 4.79 Å². The molecule has 8 nitrogen and oxygen atoms in total. The van der Waals surface area contributed by atoms with Crippen molar-refractivity contribution >= 4 is 28.4 Å². The summed E-state index contributed by atoms with van der Waals surface area (Å²) in [7, 11) is 1.43. The van der Waals surface area contributed by atoms with E-state index < -0.39 is 0 Å². The number of fused-ring (bicyclic) bond motifs is 1. The zero-order valence-corrected chi connectivity index (χ0v) is 18.5. The van der Waals surface area contributed by atoms with E-state index in [0.717, 1.165) is 36.1 Å². The number of carbonyl (C=O) groups is 1. The molecule has 0 radical (unpaired) electrons. The molecule has 0 saturated carbocycles. The third kappa shape index (κ3) is 4.75. The maximum absolute atomic E-state index is 11.9. The van der Waals surface area contributed by atoms with Crippen LogP contribution in [0.3, 0.4) is 0 Å². The predicted octanol–water partition coefficient (Wildman–Crippen LogP) is 3.40. The highest BCUT2D eigenvalue weighted by Gasteiger charge is 2.31. The van der Waals surface area contributed by atoms with Crippen LogP contribution in [-0.2, 0) is 9.53 Å². The molecule has 0 spiro atoms. The Balaban J connectivity index is 1.45. The van der Waals surface area contributed by atoms with Crippen molar-refractivity contribution in [3.05, 3.63) is 54.4 Å². The van der Waals surface area contributed by atoms with Gasteiger partial charge in [0.2, 0.25) is 0 Å². The van der Waals surface area contributed by atoms with Crippen LogP contribution in [0.4, 0.5) is 11.5 Å². The van der Waals surface area contributed by atoms with Gasteiger partial charge in [0.15, 0.2) is 0 Å². The Labute approximate surface area is 187 Å². The molecule has 168 valence electrons. The van der Waals surface area contributed by atoms with Crippen molar-refractivity contribution in [1.29, 1.82) is 0 Å². The van der Waals surface area contributed by atoms with Crippen molar-refractivity contribution in [2.45, 2.75) is 31.8 Å². The van der Waals surface area contributed by atoms with Crippen LogP contribution in [0.15, 0.2) is 48.8 Å². The number of nitrogens with zero attached hydrogens (tertiary/aromatic N) is 3. The van der Waals surface area contributed by atoms with Crippen LogP contribution >= 0.6 is 0 Å². The van der Waals surface area contributed by atoms with Crippen LogP contribution < -0.4 is 15.8 Å². The van der Waals surface area contributed by atoms with Crippen LogP contribution in [0.1, 0.15) is 31.4 Å². The number of nitrogens with one attached hydrogen (secondary N) is 1. The summed E-state index contributed by atoms with van der Waals surface area (Å²) in [5.41, 5.74) is 8.73. The first kappa shape index (κ1) is 21.8. The van der Waals surface area contributed by atoms with E-state index in [-0.39, 0.29) is 18.1 Å². The highest BCUT2D eigenvalue weighted by atomic mass is 16.5. The molecule has 0 amide bonds. The molecule has 1 aromatic heterocycles. The second-order valence-corrected chi connectivity index (χ2v) is 7.97.